The molecule has 2 heterocycles. The van der Waals surface area contributed by atoms with Gasteiger partial charge in [-0.15, -0.1) is 10.2 Å². The monoisotopic (exact) mass is 345 g/mol. The fraction of sp³-hybridized carbons (Fsp3) is 0.471. The number of benzene rings is 1. The normalized spacial score (nSPS) is 20.9. The van der Waals surface area contributed by atoms with Gasteiger partial charge in [-0.05, 0) is 25.5 Å². The second-order valence-corrected chi connectivity index (χ2v) is 7.54. The summed E-state index contributed by atoms with van der Waals surface area (Å²) in [4.78, 5) is 14.4. The van der Waals surface area contributed by atoms with Gasteiger partial charge in [-0.1, -0.05) is 41.7 Å². The van der Waals surface area contributed by atoms with Crippen LogP contribution in [0.2, 0.25) is 0 Å². The second kappa shape index (κ2) is 7.72. The van der Waals surface area contributed by atoms with E-state index in [0.717, 1.165) is 23.1 Å². The summed E-state index contributed by atoms with van der Waals surface area (Å²) in [5.74, 6) is 0.884. The van der Waals surface area contributed by atoms with Crippen molar-refractivity contribution in [2.45, 2.75) is 19.4 Å². The summed E-state index contributed by atoms with van der Waals surface area (Å²) in [6.45, 7) is 5.02. The van der Waals surface area contributed by atoms with Gasteiger partial charge in [0.05, 0.1) is 6.54 Å². The Morgan fingerprint density at radius 2 is 2.04 bits per heavy atom. The lowest BCUT2D eigenvalue weighted by Gasteiger charge is -2.19. The number of likely N-dealkylation sites (N-methyl/N-ethyl adjacent to an activating group) is 1. The predicted octanol–water partition coefficient (Wildman–Crippen LogP) is 1.99. The minimum absolute atomic E-state index is 0.149. The zero-order chi connectivity index (χ0) is 16.9. The van der Waals surface area contributed by atoms with Gasteiger partial charge in [-0.3, -0.25) is 0 Å². The minimum atomic E-state index is -0.149. The Morgan fingerprint density at radius 3 is 2.75 bits per heavy atom. The van der Waals surface area contributed by atoms with Gasteiger partial charge in [-0.2, -0.15) is 0 Å². The number of carbonyl (C=O) groups excluding carboxylic acids is 1. The van der Waals surface area contributed by atoms with Crippen LogP contribution < -0.4 is 10.6 Å². The van der Waals surface area contributed by atoms with Crippen LogP contribution in [-0.4, -0.2) is 47.8 Å². The van der Waals surface area contributed by atoms with E-state index in [0.29, 0.717) is 24.9 Å². The molecule has 7 heteroatoms. The van der Waals surface area contributed by atoms with Crippen molar-refractivity contribution >= 4 is 17.4 Å². The number of hydrogen-bond donors (Lipinski definition) is 2. The molecule has 1 aliphatic rings. The van der Waals surface area contributed by atoms with E-state index >= 15 is 0 Å². The molecular formula is C17H23N5OS. The van der Waals surface area contributed by atoms with Crippen LogP contribution in [0, 0.1) is 12.8 Å². The summed E-state index contributed by atoms with van der Waals surface area (Å²) in [7, 11) is 2.13. The molecule has 0 bridgehead atoms. The molecule has 1 aromatic carbocycles. The molecule has 0 aliphatic carbocycles. The average Bonchev–Trinajstić information content (AvgIpc) is 3.17. The van der Waals surface area contributed by atoms with Gasteiger partial charge in [0.2, 0.25) is 0 Å². The molecule has 0 unspecified atom stereocenters. The highest BCUT2D eigenvalue weighted by atomic mass is 32.1. The molecule has 2 amide bonds. The van der Waals surface area contributed by atoms with Crippen LogP contribution in [0.4, 0.5) is 4.79 Å². The van der Waals surface area contributed by atoms with Crippen molar-refractivity contribution in [1.82, 2.24) is 25.7 Å². The number of urea groups is 1. The van der Waals surface area contributed by atoms with Crippen molar-refractivity contribution in [3.05, 3.63) is 45.9 Å². The highest BCUT2D eigenvalue weighted by Crippen LogP contribution is 2.31. The number of aromatic nitrogens is 2. The van der Waals surface area contributed by atoms with Crippen molar-refractivity contribution in [3.8, 4) is 0 Å². The third-order valence-corrected chi connectivity index (χ3v) is 5.18. The molecule has 2 N–H and O–H groups in total. The van der Waals surface area contributed by atoms with Crippen molar-refractivity contribution in [3.63, 3.8) is 0 Å². The standard InChI is InChI=1S/C17H23N5OS/c1-12-20-21-16(24-12)9-19-17(23)18-8-14-10-22(2)11-15(14)13-6-4-3-5-7-13/h3-7,14-15H,8-11H2,1-2H3,(H2,18,19,23)/t14-,15+/m1/s1. The van der Waals surface area contributed by atoms with Crippen molar-refractivity contribution < 1.29 is 4.79 Å². The van der Waals surface area contributed by atoms with E-state index in [1.54, 1.807) is 0 Å². The number of nitrogens with one attached hydrogen (secondary N) is 2. The first-order chi connectivity index (χ1) is 11.6. The molecular weight excluding hydrogens is 322 g/mol. The lowest BCUT2D eigenvalue weighted by atomic mass is 9.89. The predicted molar refractivity (Wildman–Crippen MR) is 95.1 cm³/mol. The summed E-state index contributed by atoms with van der Waals surface area (Å²) in [6.07, 6.45) is 0. The van der Waals surface area contributed by atoms with Gasteiger partial charge < -0.3 is 15.5 Å². The Labute approximate surface area is 146 Å². The highest BCUT2D eigenvalue weighted by Gasteiger charge is 2.31. The van der Waals surface area contributed by atoms with E-state index in [1.165, 1.54) is 16.9 Å². The SMILES string of the molecule is Cc1nnc(CNC(=O)NC[C@@H]2CN(C)C[C@H]2c2ccccc2)s1. The van der Waals surface area contributed by atoms with Gasteiger partial charge in [0.25, 0.3) is 0 Å². The van der Waals surface area contributed by atoms with Crippen LogP contribution in [0.15, 0.2) is 30.3 Å². The maximum atomic E-state index is 12.0. The first kappa shape index (κ1) is 16.9. The third-order valence-electron chi connectivity index (χ3n) is 4.34. The topological polar surface area (TPSA) is 70.1 Å². The molecule has 3 rings (SSSR count). The number of likely N-dealkylation sites (tertiary alicyclic amines) is 1. The fourth-order valence-corrected chi connectivity index (χ4v) is 3.87. The summed E-state index contributed by atoms with van der Waals surface area (Å²) in [5, 5.41) is 15.5. The smallest absolute Gasteiger partial charge is 0.315 e. The summed E-state index contributed by atoms with van der Waals surface area (Å²) in [5.41, 5.74) is 1.35. The van der Waals surface area contributed by atoms with Crippen molar-refractivity contribution in [2.24, 2.45) is 5.92 Å². The van der Waals surface area contributed by atoms with Gasteiger partial charge in [0.15, 0.2) is 0 Å². The fourth-order valence-electron chi connectivity index (χ4n) is 3.22. The van der Waals surface area contributed by atoms with Crippen LogP contribution >= 0.6 is 11.3 Å². The Bertz CT molecular complexity index is 675. The van der Waals surface area contributed by atoms with Gasteiger partial charge in [0.1, 0.15) is 10.0 Å². The number of hydrogen-bond acceptors (Lipinski definition) is 5. The van der Waals surface area contributed by atoms with E-state index in [1.807, 2.05) is 13.0 Å². The molecule has 1 aromatic heterocycles. The molecule has 0 spiro atoms. The van der Waals surface area contributed by atoms with Gasteiger partial charge in [-0.25, -0.2) is 4.79 Å². The van der Waals surface area contributed by atoms with E-state index < -0.39 is 0 Å². The molecule has 2 aromatic rings. The molecule has 128 valence electrons. The van der Waals surface area contributed by atoms with Crippen molar-refractivity contribution in [1.29, 1.82) is 0 Å². The maximum absolute atomic E-state index is 12.0. The van der Waals surface area contributed by atoms with Crippen LogP contribution in [0.3, 0.4) is 0 Å². The Kier molecular flexibility index (Phi) is 5.42. The average molecular weight is 345 g/mol. The highest BCUT2D eigenvalue weighted by molar-refractivity contribution is 7.11. The number of nitrogens with zero attached hydrogens (tertiary/aromatic N) is 3. The first-order valence-corrected chi connectivity index (χ1v) is 8.97. The molecule has 1 fully saturated rings. The largest absolute Gasteiger partial charge is 0.338 e. The summed E-state index contributed by atoms with van der Waals surface area (Å²) < 4.78 is 0. The van der Waals surface area contributed by atoms with Crippen LogP contribution in [-0.2, 0) is 6.54 Å². The molecule has 1 aliphatic heterocycles. The Morgan fingerprint density at radius 1 is 1.25 bits per heavy atom. The molecule has 0 saturated carbocycles. The number of carbonyl (C=O) groups is 1. The van der Waals surface area contributed by atoms with Crippen molar-refractivity contribution in [2.75, 3.05) is 26.7 Å². The molecule has 0 radical (unpaired) electrons. The summed E-state index contributed by atoms with van der Waals surface area (Å²) >= 11 is 1.50. The van der Waals surface area contributed by atoms with E-state index in [2.05, 4.69) is 57.0 Å². The quantitative estimate of drug-likeness (QED) is 0.869. The maximum Gasteiger partial charge on any atom is 0.315 e. The lowest BCUT2D eigenvalue weighted by molar-refractivity contribution is 0.238. The zero-order valence-corrected chi connectivity index (χ0v) is 14.8. The first-order valence-electron chi connectivity index (χ1n) is 8.16. The van der Waals surface area contributed by atoms with Gasteiger partial charge in [0, 0.05) is 25.6 Å². The second-order valence-electron chi connectivity index (χ2n) is 6.28. The molecule has 6 nitrogen and oxygen atoms in total. The lowest BCUT2D eigenvalue weighted by Crippen LogP contribution is -2.39. The molecule has 2 atom stereocenters. The van der Waals surface area contributed by atoms with Gasteiger partial charge >= 0.3 is 6.03 Å². The Hall–Kier alpha value is -1.99. The molecule has 24 heavy (non-hydrogen) atoms. The van der Waals surface area contributed by atoms with Crippen LogP contribution in [0.25, 0.3) is 0 Å². The summed E-state index contributed by atoms with van der Waals surface area (Å²) in [6, 6.07) is 10.4. The van der Waals surface area contributed by atoms with Crippen LogP contribution in [0.1, 0.15) is 21.5 Å². The number of rotatable bonds is 5. The van der Waals surface area contributed by atoms with E-state index in [9.17, 15) is 4.79 Å². The minimum Gasteiger partial charge on any atom is -0.338 e. The van der Waals surface area contributed by atoms with E-state index in [4.69, 9.17) is 0 Å². The molecule has 1 saturated heterocycles. The zero-order valence-electron chi connectivity index (χ0n) is 14.0. The van der Waals surface area contributed by atoms with Crippen LogP contribution in [0.5, 0.6) is 0 Å². The number of amides is 2. The third kappa shape index (κ3) is 4.30. The number of aryl methyl sites for hydroxylation is 1. The Balaban J connectivity index is 1.50. The van der Waals surface area contributed by atoms with E-state index in [-0.39, 0.29) is 6.03 Å².